The van der Waals surface area contributed by atoms with Crippen molar-refractivity contribution in [3.8, 4) is 0 Å². The van der Waals surface area contributed by atoms with Gasteiger partial charge in [0, 0.05) is 0 Å². The second kappa shape index (κ2) is 11.7. The Bertz CT molecular complexity index is 268. The van der Waals surface area contributed by atoms with Crippen LogP contribution in [0.1, 0.15) is 73.6 Å². The molecule has 0 aliphatic carbocycles. The zero-order valence-corrected chi connectivity index (χ0v) is 14.8. The van der Waals surface area contributed by atoms with Gasteiger partial charge in [0.1, 0.15) is 5.60 Å². The van der Waals surface area contributed by atoms with Crippen molar-refractivity contribution >= 4 is 11.9 Å². The van der Waals surface area contributed by atoms with Crippen LogP contribution in [0.2, 0.25) is 0 Å². The minimum absolute atomic E-state index is 0. The second-order valence-corrected chi connectivity index (χ2v) is 4.72. The van der Waals surface area contributed by atoms with E-state index in [1.807, 2.05) is 13.8 Å². The van der Waals surface area contributed by atoms with E-state index in [-0.39, 0.29) is 43.8 Å². The zero-order chi connectivity index (χ0) is 14.0. The van der Waals surface area contributed by atoms with Crippen molar-refractivity contribution in [2.24, 2.45) is 0 Å². The molecule has 0 aromatic heterocycles. The Hall–Kier alpha value is -0.0600. The molecule has 0 spiro atoms. The molecule has 108 valence electrons. The number of rotatable bonds is 10. The molecule has 5 heteroatoms. The number of carboxylic acid groups (broad SMARTS) is 1. The Morgan fingerprint density at radius 1 is 1.11 bits per heavy atom. The molecule has 0 amide bonds. The van der Waals surface area contributed by atoms with Crippen LogP contribution in [0.4, 0.5) is 0 Å². The number of unbranched alkanes of at least 4 members (excludes halogenated alkanes) is 2. The summed E-state index contributed by atoms with van der Waals surface area (Å²) in [5.74, 6) is -1.35. The number of hydrogen-bond acceptors (Lipinski definition) is 3. The molecule has 0 rings (SSSR count). The van der Waals surface area contributed by atoms with E-state index in [1.165, 1.54) is 0 Å². The molecule has 0 aliphatic rings. The average Bonchev–Trinajstić information content (AvgIpc) is 2.35. The van der Waals surface area contributed by atoms with E-state index in [9.17, 15) is 9.59 Å². The molecule has 0 aromatic rings. The molecule has 0 bridgehead atoms. The van der Waals surface area contributed by atoms with Crippen molar-refractivity contribution in [1.82, 2.24) is 0 Å². The Kier molecular flexibility index (Phi) is 13.1. The van der Waals surface area contributed by atoms with Crippen LogP contribution in [-0.2, 0) is 14.3 Å². The maximum absolute atomic E-state index is 11.6. The van der Waals surface area contributed by atoms with Crippen LogP contribution in [0.25, 0.3) is 0 Å². The molecule has 19 heavy (non-hydrogen) atoms. The molecule has 0 heterocycles. The SMILES string of the molecule is CCCCCC(CC)(CC)OC(=O)CCC(=O)O.[H-].[Na+]. The first-order valence-corrected chi connectivity index (χ1v) is 6.93. The Morgan fingerprint density at radius 3 is 2.11 bits per heavy atom. The summed E-state index contributed by atoms with van der Waals surface area (Å²) in [6.07, 6.45) is 5.56. The molecule has 0 radical (unpaired) electrons. The van der Waals surface area contributed by atoms with Crippen molar-refractivity contribution in [1.29, 1.82) is 0 Å². The fourth-order valence-electron chi connectivity index (χ4n) is 2.00. The molecule has 0 saturated heterocycles. The first kappa shape index (κ1) is 21.2. The van der Waals surface area contributed by atoms with Crippen molar-refractivity contribution in [2.45, 2.75) is 77.7 Å². The van der Waals surface area contributed by atoms with Crippen LogP contribution in [0.15, 0.2) is 0 Å². The molecular formula is C14H27NaO4. The van der Waals surface area contributed by atoms with E-state index >= 15 is 0 Å². The van der Waals surface area contributed by atoms with Gasteiger partial charge in [0.05, 0.1) is 12.8 Å². The first-order valence-electron chi connectivity index (χ1n) is 6.93. The third-order valence-corrected chi connectivity index (χ3v) is 3.40. The van der Waals surface area contributed by atoms with Gasteiger partial charge >= 0.3 is 41.5 Å². The molecular weight excluding hydrogens is 255 g/mol. The summed E-state index contributed by atoms with van der Waals surface area (Å²) in [6, 6.07) is 0. The molecule has 0 aromatic carbocycles. The normalized spacial score (nSPS) is 10.7. The van der Waals surface area contributed by atoms with Gasteiger partial charge in [-0.3, -0.25) is 9.59 Å². The summed E-state index contributed by atoms with van der Waals surface area (Å²) in [5, 5.41) is 8.54. The average molecular weight is 282 g/mol. The number of esters is 1. The van der Waals surface area contributed by atoms with Crippen LogP contribution >= 0.6 is 0 Å². The molecule has 0 unspecified atom stereocenters. The van der Waals surface area contributed by atoms with E-state index < -0.39 is 17.5 Å². The summed E-state index contributed by atoms with van der Waals surface area (Å²) >= 11 is 0. The fraction of sp³-hybridized carbons (Fsp3) is 0.857. The van der Waals surface area contributed by atoms with Crippen LogP contribution in [-0.4, -0.2) is 22.6 Å². The maximum Gasteiger partial charge on any atom is 1.00 e. The number of carbonyl (C=O) groups is 2. The van der Waals surface area contributed by atoms with Crippen LogP contribution in [0.5, 0.6) is 0 Å². The molecule has 0 saturated carbocycles. The standard InChI is InChI=1S/C14H26O4.Na.H/c1-4-7-8-11-14(5-2,6-3)18-13(17)10-9-12(15)16;;/h4-11H2,1-3H3,(H,15,16);;/q;+1;-1. The third-order valence-electron chi connectivity index (χ3n) is 3.40. The van der Waals surface area contributed by atoms with Gasteiger partial charge in [-0.25, -0.2) is 0 Å². The minimum atomic E-state index is -0.962. The number of hydrogen-bond donors (Lipinski definition) is 1. The summed E-state index contributed by atoms with van der Waals surface area (Å²) in [6.45, 7) is 6.16. The number of carbonyl (C=O) groups excluding carboxylic acids is 1. The van der Waals surface area contributed by atoms with E-state index in [4.69, 9.17) is 9.84 Å². The van der Waals surface area contributed by atoms with E-state index in [1.54, 1.807) is 0 Å². The van der Waals surface area contributed by atoms with Gasteiger partial charge in [-0.1, -0.05) is 33.6 Å². The molecule has 1 N–H and O–H groups in total. The van der Waals surface area contributed by atoms with E-state index in [0.717, 1.165) is 38.5 Å². The summed E-state index contributed by atoms with van der Waals surface area (Å²) in [4.78, 5) is 22.0. The van der Waals surface area contributed by atoms with Crippen molar-refractivity contribution in [3.05, 3.63) is 0 Å². The summed E-state index contributed by atoms with van der Waals surface area (Å²) < 4.78 is 5.53. The fourth-order valence-corrected chi connectivity index (χ4v) is 2.00. The summed E-state index contributed by atoms with van der Waals surface area (Å²) in [7, 11) is 0. The maximum atomic E-state index is 11.6. The number of ether oxygens (including phenoxy) is 1. The predicted octanol–water partition coefficient (Wildman–Crippen LogP) is 0.650. The van der Waals surface area contributed by atoms with Gasteiger partial charge in [-0.05, 0) is 25.7 Å². The molecule has 0 atom stereocenters. The van der Waals surface area contributed by atoms with Gasteiger partial charge < -0.3 is 11.3 Å². The van der Waals surface area contributed by atoms with E-state index in [0.29, 0.717) is 0 Å². The quantitative estimate of drug-likeness (QED) is 0.363. The summed E-state index contributed by atoms with van der Waals surface area (Å²) in [5.41, 5.74) is -0.398. The molecule has 4 nitrogen and oxygen atoms in total. The Morgan fingerprint density at radius 2 is 1.68 bits per heavy atom. The monoisotopic (exact) mass is 282 g/mol. The van der Waals surface area contributed by atoms with Gasteiger partial charge in [-0.2, -0.15) is 0 Å². The van der Waals surface area contributed by atoms with Crippen molar-refractivity contribution in [2.75, 3.05) is 0 Å². The van der Waals surface area contributed by atoms with Crippen LogP contribution in [0.3, 0.4) is 0 Å². The van der Waals surface area contributed by atoms with Gasteiger partial charge in [0.2, 0.25) is 0 Å². The first-order chi connectivity index (χ1) is 8.49. The molecule has 0 aliphatic heterocycles. The smallest absolute Gasteiger partial charge is 1.00 e. The Balaban J connectivity index is -0.00000144. The number of carboxylic acids is 1. The zero-order valence-electron chi connectivity index (χ0n) is 13.8. The van der Waals surface area contributed by atoms with Gasteiger partial charge in [0.25, 0.3) is 0 Å². The second-order valence-electron chi connectivity index (χ2n) is 4.72. The van der Waals surface area contributed by atoms with Crippen molar-refractivity contribution in [3.63, 3.8) is 0 Å². The largest absolute Gasteiger partial charge is 1.00 e. The van der Waals surface area contributed by atoms with Crippen LogP contribution in [0, 0.1) is 0 Å². The van der Waals surface area contributed by atoms with Crippen LogP contribution < -0.4 is 29.6 Å². The number of aliphatic carboxylic acids is 1. The van der Waals surface area contributed by atoms with Gasteiger partial charge in [0.15, 0.2) is 0 Å². The topological polar surface area (TPSA) is 63.6 Å². The van der Waals surface area contributed by atoms with Gasteiger partial charge in [-0.15, -0.1) is 0 Å². The minimum Gasteiger partial charge on any atom is -1.00 e. The molecule has 0 fully saturated rings. The Labute approximate surface area is 140 Å². The predicted molar refractivity (Wildman–Crippen MR) is 71.5 cm³/mol. The van der Waals surface area contributed by atoms with Crippen molar-refractivity contribution < 1.29 is 50.4 Å². The van der Waals surface area contributed by atoms with E-state index in [2.05, 4.69) is 6.92 Å². The third kappa shape index (κ3) is 9.47.